The van der Waals surface area contributed by atoms with Crippen LogP contribution in [0.4, 0.5) is 17.1 Å². The van der Waals surface area contributed by atoms with E-state index in [2.05, 4.69) is 273 Å². The lowest BCUT2D eigenvalue weighted by Crippen LogP contribution is -2.09. The number of rotatable bonds is 11. The van der Waals surface area contributed by atoms with Gasteiger partial charge in [0, 0.05) is 33.5 Å². The van der Waals surface area contributed by atoms with Gasteiger partial charge in [-0.2, -0.15) is 0 Å². The maximum atomic E-state index is 2.41. The summed E-state index contributed by atoms with van der Waals surface area (Å²) in [5, 5.41) is 2.47. The molecule has 0 aliphatic carbocycles. The first-order valence-corrected chi connectivity index (χ1v) is 23.5. The molecule has 0 N–H and O–H groups in total. The van der Waals surface area contributed by atoms with Gasteiger partial charge in [0.2, 0.25) is 0 Å². The fraction of sp³-hybridized carbons (Fsp3) is 0.0769. The van der Waals surface area contributed by atoms with Gasteiger partial charge in [-0.25, -0.2) is 0 Å². The molecule has 0 fully saturated rings. The van der Waals surface area contributed by atoms with Crippen molar-refractivity contribution in [1.82, 2.24) is 4.57 Å². The Labute approximate surface area is 394 Å². The Hall–Kier alpha value is -8.20. The van der Waals surface area contributed by atoms with E-state index in [4.69, 9.17) is 0 Å². The van der Waals surface area contributed by atoms with Crippen LogP contribution in [0.15, 0.2) is 243 Å². The number of aromatic nitrogens is 1. The fourth-order valence-corrected chi connectivity index (χ4v) is 9.57. The average Bonchev–Trinajstić information content (AvgIpc) is 3.73. The van der Waals surface area contributed by atoms with Crippen LogP contribution in [0.25, 0.3) is 83.1 Å². The van der Waals surface area contributed by atoms with E-state index in [1.807, 2.05) is 0 Å². The van der Waals surface area contributed by atoms with Crippen LogP contribution in [0.2, 0.25) is 0 Å². The number of aryl methyl sites for hydroxylation is 1. The lowest BCUT2D eigenvalue weighted by Gasteiger charge is -2.26. The van der Waals surface area contributed by atoms with Crippen LogP contribution in [0.1, 0.15) is 37.3 Å². The third kappa shape index (κ3) is 8.24. The van der Waals surface area contributed by atoms with Gasteiger partial charge in [-0.15, -0.1) is 0 Å². The Morgan fingerprint density at radius 2 is 0.687 bits per heavy atom. The lowest BCUT2D eigenvalue weighted by atomic mass is 9.95. The second-order valence-corrected chi connectivity index (χ2v) is 17.9. The van der Waals surface area contributed by atoms with E-state index in [-0.39, 0.29) is 0 Å². The van der Waals surface area contributed by atoms with E-state index < -0.39 is 0 Å². The van der Waals surface area contributed by atoms with Crippen molar-refractivity contribution < 1.29 is 0 Å². The first-order valence-electron chi connectivity index (χ1n) is 23.5. The molecule has 10 aromatic carbocycles. The van der Waals surface area contributed by atoms with E-state index in [1.165, 1.54) is 88.6 Å². The third-order valence-electron chi connectivity index (χ3n) is 13.6. The molecule has 0 radical (unpaired) electrons. The van der Waals surface area contributed by atoms with Gasteiger partial charge < -0.3 is 9.47 Å². The van der Waals surface area contributed by atoms with Crippen molar-refractivity contribution >= 4 is 38.9 Å². The van der Waals surface area contributed by atoms with Crippen molar-refractivity contribution in [2.24, 2.45) is 0 Å². The fourth-order valence-electron chi connectivity index (χ4n) is 9.57. The van der Waals surface area contributed by atoms with Crippen LogP contribution in [0, 0.1) is 6.92 Å². The number of nitrogens with zero attached hydrogens (tertiary/aromatic N) is 2. The topological polar surface area (TPSA) is 8.17 Å². The van der Waals surface area contributed by atoms with Crippen LogP contribution < -0.4 is 4.90 Å². The molecule has 1 unspecified atom stereocenters. The summed E-state index contributed by atoms with van der Waals surface area (Å²) in [6.45, 7) is 6.70. The monoisotopic (exact) mass is 860 g/mol. The van der Waals surface area contributed by atoms with Crippen molar-refractivity contribution in [1.29, 1.82) is 0 Å². The highest BCUT2D eigenvalue weighted by Gasteiger charge is 2.17. The smallest absolute Gasteiger partial charge is 0.0541 e. The summed E-state index contributed by atoms with van der Waals surface area (Å²) in [7, 11) is 0. The maximum absolute atomic E-state index is 2.41. The highest BCUT2D eigenvalue weighted by molar-refractivity contribution is 6.11. The van der Waals surface area contributed by atoms with E-state index in [9.17, 15) is 0 Å². The molecule has 322 valence electrons. The van der Waals surface area contributed by atoms with Crippen molar-refractivity contribution in [2.75, 3.05) is 4.90 Å². The highest BCUT2D eigenvalue weighted by Crippen LogP contribution is 2.41. The molecule has 1 heterocycles. The molecule has 0 saturated carbocycles. The van der Waals surface area contributed by atoms with Crippen LogP contribution in [0.3, 0.4) is 0 Å². The second-order valence-electron chi connectivity index (χ2n) is 17.9. The number of hydrogen-bond acceptors (Lipinski definition) is 1. The standard InChI is InChI=1S/C65H52N2/c1-4-46(3)47-17-19-50(20-18-47)51-21-23-54(24-22-51)56-31-41-64-62(43-56)63-44-57(32-42-65(63)67(64)61-33-15-45(2)16-34-61)55-29-39-60(40-30-55)66(58-35-25-52(26-36-58)48-11-7-5-8-12-48)59-37-27-53(28-38-59)49-13-9-6-10-14-49/h5-44,46H,4H2,1-3H3. The predicted octanol–water partition coefficient (Wildman–Crippen LogP) is 18.4. The maximum Gasteiger partial charge on any atom is 0.0541 e. The van der Waals surface area contributed by atoms with Crippen molar-refractivity contribution in [2.45, 2.75) is 33.1 Å². The number of fused-ring (bicyclic) bond motifs is 3. The first kappa shape index (κ1) is 41.5. The van der Waals surface area contributed by atoms with Crippen LogP contribution in [0.5, 0.6) is 0 Å². The molecule has 0 bridgehead atoms. The average molecular weight is 861 g/mol. The molecule has 11 rings (SSSR count). The van der Waals surface area contributed by atoms with Crippen molar-refractivity contribution in [3.8, 4) is 61.3 Å². The molecule has 11 aromatic rings. The minimum atomic E-state index is 0.570. The molecular weight excluding hydrogens is 809 g/mol. The zero-order chi connectivity index (χ0) is 45.3. The largest absolute Gasteiger partial charge is 0.311 e. The van der Waals surface area contributed by atoms with Gasteiger partial charge in [-0.1, -0.05) is 189 Å². The van der Waals surface area contributed by atoms with Crippen LogP contribution in [-0.4, -0.2) is 4.57 Å². The minimum absolute atomic E-state index is 0.570. The molecule has 1 atom stereocenters. The first-order chi connectivity index (χ1) is 33.0. The molecule has 2 nitrogen and oxygen atoms in total. The highest BCUT2D eigenvalue weighted by atomic mass is 15.1. The molecule has 0 aliphatic rings. The second kappa shape index (κ2) is 18.0. The summed E-state index contributed by atoms with van der Waals surface area (Å²) in [5.74, 6) is 0.570. The summed E-state index contributed by atoms with van der Waals surface area (Å²) in [6, 6.07) is 89.0. The zero-order valence-electron chi connectivity index (χ0n) is 38.3. The summed E-state index contributed by atoms with van der Waals surface area (Å²) in [5.41, 5.74) is 21.6. The number of anilines is 3. The van der Waals surface area contributed by atoms with E-state index >= 15 is 0 Å². The number of benzene rings is 10. The molecular formula is C65H52N2. The summed E-state index contributed by atoms with van der Waals surface area (Å²) in [6.07, 6.45) is 1.15. The van der Waals surface area contributed by atoms with Crippen LogP contribution in [-0.2, 0) is 0 Å². The van der Waals surface area contributed by atoms with Crippen LogP contribution >= 0.6 is 0 Å². The van der Waals surface area contributed by atoms with E-state index in [1.54, 1.807) is 0 Å². The Morgan fingerprint density at radius 3 is 1.07 bits per heavy atom. The predicted molar refractivity (Wildman–Crippen MR) is 286 cm³/mol. The van der Waals surface area contributed by atoms with Gasteiger partial charge in [-0.05, 0) is 153 Å². The van der Waals surface area contributed by atoms with E-state index in [0.29, 0.717) is 5.92 Å². The van der Waals surface area contributed by atoms with Crippen molar-refractivity contribution in [3.05, 3.63) is 254 Å². The van der Waals surface area contributed by atoms with Gasteiger partial charge in [0.05, 0.1) is 11.0 Å². The lowest BCUT2D eigenvalue weighted by molar-refractivity contribution is 0.734. The summed E-state index contributed by atoms with van der Waals surface area (Å²) in [4.78, 5) is 2.35. The molecule has 67 heavy (non-hydrogen) atoms. The normalized spacial score (nSPS) is 11.8. The SMILES string of the molecule is CCC(C)c1ccc(-c2ccc(-c3ccc4c(c3)c3cc(-c5ccc(N(c6ccc(-c7ccccc7)cc6)c6ccc(-c7ccccc7)cc6)cc5)ccc3n4-c3ccc(C)cc3)cc2)cc1. The zero-order valence-corrected chi connectivity index (χ0v) is 38.3. The Morgan fingerprint density at radius 1 is 0.358 bits per heavy atom. The number of hydrogen-bond donors (Lipinski definition) is 0. The van der Waals surface area contributed by atoms with E-state index in [0.717, 1.165) is 29.2 Å². The Kier molecular flexibility index (Phi) is 11.1. The third-order valence-corrected chi connectivity index (χ3v) is 13.6. The van der Waals surface area contributed by atoms with Gasteiger partial charge in [-0.3, -0.25) is 0 Å². The van der Waals surface area contributed by atoms with Gasteiger partial charge >= 0.3 is 0 Å². The molecule has 0 spiro atoms. The molecule has 0 saturated heterocycles. The molecule has 0 aliphatic heterocycles. The minimum Gasteiger partial charge on any atom is -0.311 e. The van der Waals surface area contributed by atoms with Gasteiger partial charge in [0.15, 0.2) is 0 Å². The Bertz CT molecular complexity index is 3360. The quantitative estimate of drug-likeness (QED) is 0.126. The summed E-state index contributed by atoms with van der Waals surface area (Å²) < 4.78 is 2.41. The van der Waals surface area contributed by atoms with Gasteiger partial charge in [0.25, 0.3) is 0 Å². The summed E-state index contributed by atoms with van der Waals surface area (Å²) >= 11 is 0. The molecule has 1 aromatic heterocycles. The molecule has 2 heteroatoms. The van der Waals surface area contributed by atoms with Gasteiger partial charge in [0.1, 0.15) is 0 Å². The van der Waals surface area contributed by atoms with Crippen molar-refractivity contribution in [3.63, 3.8) is 0 Å². The molecule has 0 amide bonds. The Balaban J connectivity index is 0.960.